The van der Waals surface area contributed by atoms with Gasteiger partial charge in [-0.2, -0.15) is 0 Å². The van der Waals surface area contributed by atoms with Gasteiger partial charge in [0.25, 0.3) is 5.92 Å². The van der Waals surface area contributed by atoms with E-state index in [0.29, 0.717) is 13.0 Å². The Bertz CT molecular complexity index is 369. The molecule has 0 aliphatic rings. The minimum absolute atomic E-state index is 0.517. The van der Waals surface area contributed by atoms with E-state index in [0.717, 1.165) is 12.1 Å². The Kier molecular flexibility index (Phi) is 2.51. The Labute approximate surface area is 78.0 Å². The highest BCUT2D eigenvalue weighted by Gasteiger charge is 2.26. The van der Waals surface area contributed by atoms with E-state index in [-0.39, 0.29) is 0 Å². The highest BCUT2D eigenvalue weighted by molar-refractivity contribution is 5.88. The molecule has 0 bridgehead atoms. The number of benzene rings is 1. The third kappa shape index (κ3) is 2.04. The second kappa shape index (κ2) is 3.32. The monoisotopic (exact) mass is 204 g/mol. The van der Waals surface area contributed by atoms with Crippen molar-refractivity contribution in [1.29, 1.82) is 0 Å². The molecule has 2 nitrogen and oxygen atoms in total. The lowest BCUT2D eigenvalue weighted by molar-refractivity contribution is 0.0173. The van der Waals surface area contributed by atoms with Gasteiger partial charge < -0.3 is 5.11 Å². The maximum atomic E-state index is 12.8. The zero-order valence-corrected chi connectivity index (χ0v) is 7.22. The van der Waals surface area contributed by atoms with Crippen LogP contribution in [0.1, 0.15) is 22.8 Å². The summed E-state index contributed by atoms with van der Waals surface area (Å²) in [4.78, 5) is 10.4. The van der Waals surface area contributed by atoms with Crippen LogP contribution < -0.4 is 0 Å². The summed E-state index contributed by atoms with van der Waals surface area (Å²) in [5.74, 6) is -5.75. The van der Waals surface area contributed by atoms with Crippen LogP contribution in [0.5, 0.6) is 0 Å². The molecule has 0 radical (unpaired) electrons. The highest BCUT2D eigenvalue weighted by Crippen LogP contribution is 2.28. The summed E-state index contributed by atoms with van der Waals surface area (Å²) in [5.41, 5.74) is -1.26. The molecule has 0 fully saturated rings. The predicted octanol–water partition coefficient (Wildman–Crippen LogP) is 2.64. The molecule has 1 aromatic carbocycles. The molecule has 0 aliphatic heterocycles. The van der Waals surface area contributed by atoms with Gasteiger partial charge in [0, 0.05) is 12.5 Å². The van der Waals surface area contributed by atoms with Crippen LogP contribution in [-0.2, 0) is 5.92 Å². The van der Waals surface area contributed by atoms with Crippen molar-refractivity contribution in [2.75, 3.05) is 0 Å². The molecule has 0 heterocycles. The van der Waals surface area contributed by atoms with Crippen LogP contribution in [0.3, 0.4) is 0 Å². The number of alkyl halides is 2. The molecule has 0 atom stereocenters. The van der Waals surface area contributed by atoms with Crippen LogP contribution in [0.4, 0.5) is 13.2 Å². The number of carboxylic acids is 1. The second-order valence-electron chi connectivity index (χ2n) is 2.89. The first-order chi connectivity index (χ1) is 6.32. The molecule has 0 aromatic heterocycles. The highest BCUT2D eigenvalue weighted by atomic mass is 19.3. The van der Waals surface area contributed by atoms with Crippen LogP contribution in [0, 0.1) is 5.82 Å². The zero-order chi connectivity index (χ0) is 10.9. The lowest BCUT2D eigenvalue weighted by Crippen LogP contribution is -2.10. The number of aromatic carboxylic acids is 1. The first-order valence-electron chi connectivity index (χ1n) is 3.73. The summed E-state index contributed by atoms with van der Waals surface area (Å²) < 4.78 is 38.2. The average Bonchev–Trinajstić information content (AvgIpc) is 2.02. The summed E-state index contributed by atoms with van der Waals surface area (Å²) >= 11 is 0. The molecule has 1 aromatic rings. The van der Waals surface area contributed by atoms with E-state index in [1.165, 1.54) is 0 Å². The van der Waals surface area contributed by atoms with E-state index < -0.39 is 28.8 Å². The average molecular weight is 204 g/mol. The zero-order valence-electron chi connectivity index (χ0n) is 7.22. The number of hydrogen-bond donors (Lipinski definition) is 1. The van der Waals surface area contributed by atoms with Gasteiger partial charge in [0.1, 0.15) is 5.82 Å². The lowest BCUT2D eigenvalue weighted by atomic mass is 10.1. The number of hydrogen-bond acceptors (Lipinski definition) is 1. The fourth-order valence-corrected chi connectivity index (χ4v) is 0.962. The molecule has 76 valence electrons. The number of carbonyl (C=O) groups is 1. The predicted molar refractivity (Wildman–Crippen MR) is 42.9 cm³/mol. The van der Waals surface area contributed by atoms with Crippen LogP contribution in [-0.4, -0.2) is 11.1 Å². The molecule has 14 heavy (non-hydrogen) atoms. The quantitative estimate of drug-likeness (QED) is 0.803. The van der Waals surface area contributed by atoms with Gasteiger partial charge in [-0.1, -0.05) is 6.07 Å². The molecule has 0 saturated carbocycles. The van der Waals surface area contributed by atoms with Crippen molar-refractivity contribution < 1.29 is 23.1 Å². The summed E-state index contributed by atoms with van der Waals surface area (Å²) in [6, 6.07) is 2.22. The Morgan fingerprint density at radius 1 is 1.43 bits per heavy atom. The van der Waals surface area contributed by atoms with Gasteiger partial charge in [0.15, 0.2) is 0 Å². The van der Waals surface area contributed by atoms with Crippen LogP contribution >= 0.6 is 0 Å². The molecule has 0 saturated heterocycles. The van der Waals surface area contributed by atoms with E-state index in [1.807, 2.05) is 0 Å². The first-order valence-corrected chi connectivity index (χ1v) is 3.73. The van der Waals surface area contributed by atoms with E-state index in [9.17, 15) is 18.0 Å². The Morgan fingerprint density at radius 3 is 2.43 bits per heavy atom. The fourth-order valence-electron chi connectivity index (χ4n) is 0.962. The molecule has 0 aliphatic carbocycles. The van der Waals surface area contributed by atoms with Crippen molar-refractivity contribution in [3.8, 4) is 0 Å². The number of carboxylic acid groups (broad SMARTS) is 1. The van der Waals surface area contributed by atoms with E-state index in [2.05, 4.69) is 0 Å². The van der Waals surface area contributed by atoms with Crippen molar-refractivity contribution >= 4 is 5.97 Å². The summed E-state index contributed by atoms with van der Waals surface area (Å²) in [6.45, 7) is 0.617. The summed E-state index contributed by atoms with van der Waals surface area (Å²) in [6.07, 6.45) is 0. The number of rotatable bonds is 2. The van der Waals surface area contributed by atoms with Crippen LogP contribution in [0.15, 0.2) is 18.2 Å². The fraction of sp³-hybridized carbons (Fsp3) is 0.222. The van der Waals surface area contributed by atoms with Gasteiger partial charge in [0.05, 0.1) is 5.56 Å². The van der Waals surface area contributed by atoms with Crippen molar-refractivity contribution in [3.63, 3.8) is 0 Å². The third-order valence-corrected chi connectivity index (χ3v) is 1.70. The normalized spacial score (nSPS) is 11.4. The van der Waals surface area contributed by atoms with Crippen molar-refractivity contribution in [2.45, 2.75) is 12.8 Å². The molecular weight excluding hydrogens is 197 g/mol. The second-order valence-corrected chi connectivity index (χ2v) is 2.89. The van der Waals surface area contributed by atoms with E-state index in [4.69, 9.17) is 5.11 Å². The molecule has 0 spiro atoms. The molecule has 0 unspecified atom stereocenters. The largest absolute Gasteiger partial charge is 0.478 e. The van der Waals surface area contributed by atoms with E-state index in [1.54, 1.807) is 0 Å². The lowest BCUT2D eigenvalue weighted by Gasteiger charge is -2.10. The van der Waals surface area contributed by atoms with Crippen LogP contribution in [0.25, 0.3) is 0 Å². The van der Waals surface area contributed by atoms with Gasteiger partial charge in [-0.15, -0.1) is 0 Å². The van der Waals surface area contributed by atoms with Gasteiger partial charge in [-0.25, -0.2) is 18.0 Å². The maximum absolute atomic E-state index is 12.8. The summed E-state index contributed by atoms with van der Waals surface area (Å²) in [7, 11) is 0. The van der Waals surface area contributed by atoms with Gasteiger partial charge in [-0.3, -0.25) is 0 Å². The van der Waals surface area contributed by atoms with Gasteiger partial charge in [-0.05, 0) is 12.1 Å². The molecule has 1 rings (SSSR count). The van der Waals surface area contributed by atoms with Crippen molar-refractivity contribution in [1.82, 2.24) is 0 Å². The Balaban J connectivity index is 3.27. The SMILES string of the molecule is CC(F)(F)c1ccc(F)c(C(=O)O)c1. The Hall–Kier alpha value is -1.52. The van der Waals surface area contributed by atoms with Gasteiger partial charge in [0.2, 0.25) is 0 Å². The van der Waals surface area contributed by atoms with Crippen molar-refractivity contribution in [2.24, 2.45) is 0 Å². The van der Waals surface area contributed by atoms with E-state index >= 15 is 0 Å². The number of halogens is 3. The molecular formula is C9H7F3O2. The smallest absolute Gasteiger partial charge is 0.338 e. The third-order valence-electron chi connectivity index (χ3n) is 1.70. The minimum Gasteiger partial charge on any atom is -0.478 e. The van der Waals surface area contributed by atoms with Crippen LogP contribution in [0.2, 0.25) is 0 Å². The molecule has 0 amide bonds. The Morgan fingerprint density at radius 2 is 2.00 bits per heavy atom. The molecule has 5 heteroatoms. The first kappa shape index (κ1) is 10.6. The summed E-state index contributed by atoms with van der Waals surface area (Å²) in [5, 5.41) is 8.47. The topological polar surface area (TPSA) is 37.3 Å². The standard InChI is InChI=1S/C9H7F3O2/c1-9(11,12)5-2-3-7(10)6(4-5)8(13)14/h2-4H,1H3,(H,13,14). The minimum atomic E-state index is -3.17. The van der Waals surface area contributed by atoms with Crippen molar-refractivity contribution in [3.05, 3.63) is 35.1 Å². The molecule has 1 N–H and O–H groups in total. The maximum Gasteiger partial charge on any atom is 0.338 e. The van der Waals surface area contributed by atoms with Gasteiger partial charge >= 0.3 is 5.97 Å².